The molecule has 0 aromatic heterocycles. The van der Waals surface area contributed by atoms with E-state index < -0.39 is 0 Å². The molecule has 1 nitrogen and oxygen atoms in total. The highest BCUT2D eigenvalue weighted by Crippen LogP contribution is 2.15. The van der Waals surface area contributed by atoms with E-state index in [1.807, 2.05) is 6.92 Å². The lowest BCUT2D eigenvalue weighted by atomic mass is 10.1. The molecule has 1 rings (SSSR count). The maximum absolute atomic E-state index is 9.43. The van der Waals surface area contributed by atoms with Crippen molar-refractivity contribution in [3.8, 4) is 0 Å². The Morgan fingerprint density at radius 2 is 1.92 bits per heavy atom. The summed E-state index contributed by atoms with van der Waals surface area (Å²) in [6, 6.07) is 8.38. The third-order valence-electron chi connectivity index (χ3n) is 2.10. The molecule has 0 radical (unpaired) electrons. The largest absolute Gasteiger partial charge is 0.393 e. The molecule has 0 saturated heterocycles. The Bertz CT molecular complexity index is 243. The van der Waals surface area contributed by atoms with Gasteiger partial charge in [0.05, 0.1) is 6.10 Å². The molecular weight excluding hydrogens is 180 g/mol. The van der Waals surface area contributed by atoms with Gasteiger partial charge in [0.2, 0.25) is 0 Å². The lowest BCUT2D eigenvalue weighted by Crippen LogP contribution is -2.07. The monoisotopic (exact) mass is 196 g/mol. The molecule has 13 heavy (non-hydrogen) atoms. The predicted molar refractivity (Wildman–Crippen MR) is 58.2 cm³/mol. The van der Waals surface area contributed by atoms with E-state index in [1.54, 1.807) is 11.8 Å². The van der Waals surface area contributed by atoms with Crippen LogP contribution < -0.4 is 0 Å². The Morgan fingerprint density at radius 3 is 2.38 bits per heavy atom. The molecule has 1 aromatic rings. The quantitative estimate of drug-likeness (QED) is 0.747. The van der Waals surface area contributed by atoms with Gasteiger partial charge in [0.1, 0.15) is 0 Å². The minimum atomic E-state index is -0.194. The van der Waals surface area contributed by atoms with Gasteiger partial charge in [0.25, 0.3) is 0 Å². The van der Waals surface area contributed by atoms with Crippen molar-refractivity contribution in [1.29, 1.82) is 0 Å². The van der Waals surface area contributed by atoms with Gasteiger partial charge in [-0.05, 0) is 36.8 Å². The first-order valence-corrected chi connectivity index (χ1v) is 5.79. The third-order valence-corrected chi connectivity index (χ3v) is 2.85. The molecule has 0 saturated carbocycles. The normalized spacial score (nSPS) is 12.8. The van der Waals surface area contributed by atoms with Crippen molar-refractivity contribution < 1.29 is 5.11 Å². The van der Waals surface area contributed by atoms with Gasteiger partial charge in [-0.2, -0.15) is 0 Å². The van der Waals surface area contributed by atoms with Crippen molar-refractivity contribution in [3.63, 3.8) is 0 Å². The second-order valence-electron chi connectivity index (χ2n) is 3.11. The zero-order valence-electron chi connectivity index (χ0n) is 8.16. The van der Waals surface area contributed by atoms with Gasteiger partial charge in [-0.25, -0.2) is 0 Å². The minimum Gasteiger partial charge on any atom is -0.393 e. The molecular formula is C11H16OS. The summed E-state index contributed by atoms with van der Waals surface area (Å²) in [6.45, 7) is 2.00. The number of rotatable bonds is 4. The van der Waals surface area contributed by atoms with Crippen LogP contribution in [-0.2, 0) is 6.42 Å². The summed E-state index contributed by atoms with van der Waals surface area (Å²) in [5.74, 6) is 0. The summed E-state index contributed by atoms with van der Waals surface area (Å²) in [5, 5.41) is 9.43. The van der Waals surface area contributed by atoms with Crippen LogP contribution >= 0.6 is 11.8 Å². The summed E-state index contributed by atoms with van der Waals surface area (Å²) in [4.78, 5) is 1.27. The molecule has 0 aliphatic carbocycles. The fourth-order valence-corrected chi connectivity index (χ4v) is 1.59. The van der Waals surface area contributed by atoms with Crippen LogP contribution in [0, 0.1) is 0 Å². The van der Waals surface area contributed by atoms with Crippen LogP contribution in [0.5, 0.6) is 0 Å². The second-order valence-corrected chi connectivity index (χ2v) is 3.99. The van der Waals surface area contributed by atoms with Crippen LogP contribution in [0.3, 0.4) is 0 Å². The smallest absolute Gasteiger partial charge is 0.0577 e. The van der Waals surface area contributed by atoms with Crippen LogP contribution in [0.1, 0.15) is 18.9 Å². The van der Waals surface area contributed by atoms with Gasteiger partial charge in [0.15, 0.2) is 0 Å². The number of aliphatic hydroxyl groups excluding tert-OH is 1. The average Bonchev–Trinajstić information content (AvgIpc) is 2.19. The van der Waals surface area contributed by atoms with Crippen LogP contribution in [0.4, 0.5) is 0 Å². The van der Waals surface area contributed by atoms with E-state index in [1.165, 1.54) is 10.5 Å². The number of aliphatic hydroxyl groups is 1. The summed E-state index contributed by atoms with van der Waals surface area (Å²) < 4.78 is 0. The van der Waals surface area contributed by atoms with E-state index in [0.29, 0.717) is 0 Å². The Balaban J connectivity index is 2.58. The predicted octanol–water partition coefficient (Wildman–Crippen LogP) is 2.72. The second kappa shape index (κ2) is 5.30. The fourth-order valence-electron chi connectivity index (χ4n) is 1.18. The first-order chi connectivity index (χ1) is 6.26. The van der Waals surface area contributed by atoms with Crippen LogP contribution in [0.2, 0.25) is 0 Å². The molecule has 2 heteroatoms. The van der Waals surface area contributed by atoms with E-state index >= 15 is 0 Å². The van der Waals surface area contributed by atoms with E-state index in [2.05, 4.69) is 30.5 Å². The van der Waals surface area contributed by atoms with Crippen LogP contribution in [0.15, 0.2) is 29.2 Å². The zero-order chi connectivity index (χ0) is 9.68. The highest BCUT2D eigenvalue weighted by molar-refractivity contribution is 7.98. The molecule has 0 fully saturated rings. The molecule has 72 valence electrons. The first-order valence-electron chi connectivity index (χ1n) is 4.57. The Hall–Kier alpha value is -0.470. The summed E-state index contributed by atoms with van der Waals surface area (Å²) in [7, 11) is 0. The van der Waals surface area contributed by atoms with Crippen molar-refractivity contribution in [2.75, 3.05) is 6.26 Å². The van der Waals surface area contributed by atoms with E-state index in [9.17, 15) is 5.11 Å². The van der Waals surface area contributed by atoms with Gasteiger partial charge in [-0.15, -0.1) is 11.8 Å². The highest BCUT2D eigenvalue weighted by atomic mass is 32.2. The van der Waals surface area contributed by atoms with Gasteiger partial charge >= 0.3 is 0 Å². The zero-order valence-corrected chi connectivity index (χ0v) is 8.97. The van der Waals surface area contributed by atoms with Crippen LogP contribution in [0.25, 0.3) is 0 Å². The lowest BCUT2D eigenvalue weighted by Gasteiger charge is -2.07. The van der Waals surface area contributed by atoms with Crippen molar-refractivity contribution in [2.45, 2.75) is 30.8 Å². The van der Waals surface area contributed by atoms with E-state index in [-0.39, 0.29) is 6.10 Å². The van der Waals surface area contributed by atoms with Crippen LogP contribution in [-0.4, -0.2) is 17.5 Å². The number of thioether (sulfide) groups is 1. The number of hydrogen-bond donors (Lipinski definition) is 1. The molecule has 1 aromatic carbocycles. The molecule has 1 atom stereocenters. The van der Waals surface area contributed by atoms with Gasteiger partial charge in [-0.3, -0.25) is 0 Å². The maximum atomic E-state index is 9.43. The first kappa shape index (κ1) is 10.6. The van der Waals surface area contributed by atoms with Crippen molar-refractivity contribution in [2.24, 2.45) is 0 Å². The molecule has 0 aliphatic rings. The standard InChI is InChI=1S/C11H16OS/c1-3-10(12)8-9-4-6-11(13-2)7-5-9/h4-7,10,12H,3,8H2,1-2H3/t10-/m1/s1. The fraction of sp³-hybridized carbons (Fsp3) is 0.455. The molecule has 0 bridgehead atoms. The molecule has 0 spiro atoms. The SMILES string of the molecule is CC[C@@H](O)Cc1ccc(SC)cc1. The lowest BCUT2D eigenvalue weighted by molar-refractivity contribution is 0.171. The Labute approximate surface area is 84.2 Å². The molecule has 1 N–H and O–H groups in total. The van der Waals surface area contributed by atoms with E-state index in [0.717, 1.165) is 12.8 Å². The van der Waals surface area contributed by atoms with Crippen molar-refractivity contribution >= 4 is 11.8 Å². The number of benzene rings is 1. The molecule has 0 unspecified atom stereocenters. The highest BCUT2D eigenvalue weighted by Gasteiger charge is 2.01. The van der Waals surface area contributed by atoms with Crippen molar-refractivity contribution in [1.82, 2.24) is 0 Å². The molecule has 0 heterocycles. The Morgan fingerprint density at radius 1 is 1.31 bits per heavy atom. The third kappa shape index (κ3) is 3.41. The average molecular weight is 196 g/mol. The summed E-state index contributed by atoms with van der Waals surface area (Å²) in [6.07, 6.45) is 3.46. The van der Waals surface area contributed by atoms with E-state index in [4.69, 9.17) is 0 Å². The van der Waals surface area contributed by atoms with Gasteiger partial charge in [-0.1, -0.05) is 19.1 Å². The molecule has 0 amide bonds. The Kier molecular flexibility index (Phi) is 4.33. The minimum absolute atomic E-state index is 0.194. The summed E-state index contributed by atoms with van der Waals surface area (Å²) >= 11 is 1.74. The molecule has 0 aliphatic heterocycles. The van der Waals surface area contributed by atoms with Gasteiger partial charge in [0, 0.05) is 4.90 Å². The van der Waals surface area contributed by atoms with Gasteiger partial charge < -0.3 is 5.11 Å². The summed E-state index contributed by atoms with van der Waals surface area (Å²) in [5.41, 5.74) is 1.21. The topological polar surface area (TPSA) is 20.2 Å². The maximum Gasteiger partial charge on any atom is 0.0577 e. The van der Waals surface area contributed by atoms with Crippen molar-refractivity contribution in [3.05, 3.63) is 29.8 Å². The number of hydrogen-bond acceptors (Lipinski definition) is 2.